The van der Waals surface area contributed by atoms with Gasteiger partial charge in [0.05, 0.1) is 0 Å². The molecule has 2 rings (SSSR count). The van der Waals surface area contributed by atoms with E-state index in [-0.39, 0.29) is 11.9 Å². The Morgan fingerprint density at radius 3 is 2.80 bits per heavy atom. The van der Waals surface area contributed by atoms with Gasteiger partial charge in [0.2, 0.25) is 0 Å². The van der Waals surface area contributed by atoms with Crippen molar-refractivity contribution in [2.75, 3.05) is 12.3 Å². The molecule has 0 radical (unpaired) electrons. The van der Waals surface area contributed by atoms with Gasteiger partial charge in [-0.15, -0.1) is 0 Å². The highest BCUT2D eigenvalue weighted by atomic mass is 35.5. The van der Waals surface area contributed by atoms with Crippen LogP contribution < -0.4 is 5.32 Å². The maximum Gasteiger partial charge on any atom is 0.123 e. The van der Waals surface area contributed by atoms with E-state index in [1.165, 1.54) is 38.2 Å². The van der Waals surface area contributed by atoms with Gasteiger partial charge in [-0.1, -0.05) is 37.8 Å². The summed E-state index contributed by atoms with van der Waals surface area (Å²) in [6.07, 6.45) is 6.72. The topological polar surface area (TPSA) is 12.0 Å². The van der Waals surface area contributed by atoms with Crippen LogP contribution in [0.25, 0.3) is 0 Å². The predicted octanol–water partition coefficient (Wildman–Crippen LogP) is 5.20. The van der Waals surface area contributed by atoms with E-state index in [0.717, 1.165) is 23.1 Å². The highest BCUT2D eigenvalue weighted by Gasteiger charge is 2.19. The largest absolute Gasteiger partial charge is 0.309 e. The van der Waals surface area contributed by atoms with Crippen LogP contribution in [-0.4, -0.2) is 17.5 Å². The maximum atomic E-state index is 13.4. The number of hydrogen-bond donors (Lipinski definition) is 1. The van der Waals surface area contributed by atoms with E-state index < -0.39 is 0 Å². The molecule has 1 nitrogen and oxygen atoms in total. The molecule has 1 atom stereocenters. The molecular formula is C16H23ClFNS. The monoisotopic (exact) mass is 315 g/mol. The van der Waals surface area contributed by atoms with Crippen molar-refractivity contribution in [3.63, 3.8) is 0 Å². The summed E-state index contributed by atoms with van der Waals surface area (Å²) in [7, 11) is 0. The Bertz CT molecular complexity index is 421. The summed E-state index contributed by atoms with van der Waals surface area (Å²) in [5.41, 5.74) is 0.886. The lowest BCUT2D eigenvalue weighted by molar-refractivity contribution is 0.514. The van der Waals surface area contributed by atoms with Crippen LogP contribution in [0.5, 0.6) is 0 Å². The van der Waals surface area contributed by atoms with Crippen LogP contribution in [0.4, 0.5) is 4.39 Å². The average Bonchev–Trinajstić information content (AvgIpc) is 2.47. The molecule has 1 unspecified atom stereocenters. The van der Waals surface area contributed by atoms with Crippen molar-refractivity contribution in [1.29, 1.82) is 0 Å². The molecule has 0 spiro atoms. The SMILES string of the molecule is CCNC(CSC1CCCCC1)c1cc(F)ccc1Cl. The smallest absolute Gasteiger partial charge is 0.123 e. The maximum absolute atomic E-state index is 13.4. The second-order valence-corrected chi connectivity index (χ2v) is 7.11. The Kier molecular flexibility index (Phi) is 6.66. The Morgan fingerprint density at radius 2 is 2.10 bits per heavy atom. The molecule has 0 heterocycles. The standard InChI is InChI=1S/C16H23ClFNS/c1-2-19-16(11-20-13-6-4-3-5-7-13)14-10-12(18)8-9-15(14)17/h8-10,13,16,19H,2-7,11H2,1H3. The van der Waals surface area contributed by atoms with Gasteiger partial charge < -0.3 is 5.32 Å². The minimum absolute atomic E-state index is 0.134. The van der Waals surface area contributed by atoms with Crippen molar-refractivity contribution in [2.45, 2.75) is 50.3 Å². The molecule has 0 aromatic heterocycles. The molecular weight excluding hydrogens is 293 g/mol. The quantitative estimate of drug-likeness (QED) is 0.774. The summed E-state index contributed by atoms with van der Waals surface area (Å²) >= 11 is 8.24. The molecule has 0 aliphatic heterocycles. The summed E-state index contributed by atoms with van der Waals surface area (Å²) in [6, 6.07) is 4.78. The third kappa shape index (κ3) is 4.64. The number of rotatable bonds is 6. The minimum atomic E-state index is -0.213. The molecule has 1 saturated carbocycles. The van der Waals surface area contributed by atoms with Gasteiger partial charge in [-0.25, -0.2) is 4.39 Å². The predicted molar refractivity (Wildman–Crippen MR) is 87.2 cm³/mol. The van der Waals surface area contributed by atoms with Gasteiger partial charge in [-0.05, 0) is 43.1 Å². The number of hydrogen-bond acceptors (Lipinski definition) is 2. The van der Waals surface area contributed by atoms with Crippen molar-refractivity contribution in [2.24, 2.45) is 0 Å². The molecule has 0 saturated heterocycles. The van der Waals surface area contributed by atoms with E-state index in [2.05, 4.69) is 12.2 Å². The Balaban J connectivity index is 2.00. The third-order valence-electron chi connectivity index (χ3n) is 3.83. The van der Waals surface area contributed by atoms with Crippen molar-refractivity contribution < 1.29 is 4.39 Å². The summed E-state index contributed by atoms with van der Waals surface area (Å²) in [5.74, 6) is 0.747. The first-order valence-electron chi connectivity index (χ1n) is 7.50. The van der Waals surface area contributed by atoms with Crippen LogP contribution in [0.15, 0.2) is 18.2 Å². The molecule has 1 N–H and O–H groups in total. The molecule has 1 aromatic rings. The van der Waals surface area contributed by atoms with E-state index in [1.54, 1.807) is 12.1 Å². The molecule has 112 valence electrons. The van der Waals surface area contributed by atoms with Crippen molar-refractivity contribution in [3.8, 4) is 0 Å². The fraction of sp³-hybridized carbons (Fsp3) is 0.625. The third-order valence-corrected chi connectivity index (χ3v) is 5.65. The van der Waals surface area contributed by atoms with Gasteiger partial charge >= 0.3 is 0 Å². The highest BCUT2D eigenvalue weighted by molar-refractivity contribution is 7.99. The van der Waals surface area contributed by atoms with Gasteiger partial charge in [0, 0.05) is 22.1 Å². The number of benzene rings is 1. The highest BCUT2D eigenvalue weighted by Crippen LogP contribution is 2.33. The Morgan fingerprint density at radius 1 is 1.35 bits per heavy atom. The first-order valence-corrected chi connectivity index (χ1v) is 8.93. The Hall–Kier alpha value is -0.250. The van der Waals surface area contributed by atoms with Crippen LogP contribution in [0.2, 0.25) is 5.02 Å². The second kappa shape index (κ2) is 8.26. The lowest BCUT2D eigenvalue weighted by atomic mass is 10.0. The molecule has 1 aliphatic carbocycles. The summed E-state index contributed by atoms with van der Waals surface area (Å²) in [4.78, 5) is 0. The zero-order chi connectivity index (χ0) is 14.4. The molecule has 1 fully saturated rings. The number of nitrogens with one attached hydrogen (secondary N) is 1. The van der Waals surface area contributed by atoms with Crippen LogP contribution in [0.3, 0.4) is 0 Å². The molecule has 4 heteroatoms. The van der Waals surface area contributed by atoms with E-state index in [9.17, 15) is 4.39 Å². The van der Waals surface area contributed by atoms with E-state index in [0.29, 0.717) is 5.02 Å². The molecule has 20 heavy (non-hydrogen) atoms. The fourth-order valence-corrected chi connectivity index (χ4v) is 4.43. The summed E-state index contributed by atoms with van der Waals surface area (Å²) < 4.78 is 13.4. The number of thioether (sulfide) groups is 1. The zero-order valence-corrected chi connectivity index (χ0v) is 13.6. The lowest BCUT2D eigenvalue weighted by Crippen LogP contribution is -2.24. The minimum Gasteiger partial charge on any atom is -0.309 e. The van der Waals surface area contributed by atoms with E-state index in [4.69, 9.17) is 11.6 Å². The number of halogens is 2. The van der Waals surface area contributed by atoms with Crippen molar-refractivity contribution in [1.82, 2.24) is 5.32 Å². The fourth-order valence-electron chi connectivity index (χ4n) is 2.75. The van der Waals surface area contributed by atoms with E-state index in [1.807, 2.05) is 11.8 Å². The van der Waals surface area contributed by atoms with Crippen LogP contribution >= 0.6 is 23.4 Å². The lowest BCUT2D eigenvalue weighted by Gasteiger charge is -2.25. The first-order chi connectivity index (χ1) is 9.70. The van der Waals surface area contributed by atoms with Crippen LogP contribution in [-0.2, 0) is 0 Å². The van der Waals surface area contributed by atoms with E-state index >= 15 is 0 Å². The Labute approximate surface area is 130 Å². The molecule has 0 bridgehead atoms. The van der Waals surface area contributed by atoms with Crippen molar-refractivity contribution in [3.05, 3.63) is 34.6 Å². The van der Waals surface area contributed by atoms with Gasteiger partial charge in [-0.2, -0.15) is 11.8 Å². The average molecular weight is 316 g/mol. The van der Waals surface area contributed by atoms with Crippen LogP contribution in [0, 0.1) is 5.82 Å². The summed E-state index contributed by atoms with van der Waals surface area (Å²) in [6.45, 7) is 2.94. The molecule has 1 aromatic carbocycles. The van der Waals surface area contributed by atoms with Crippen LogP contribution in [0.1, 0.15) is 50.6 Å². The normalized spacial score (nSPS) is 18.1. The first kappa shape index (κ1) is 16.1. The van der Waals surface area contributed by atoms with Crippen molar-refractivity contribution >= 4 is 23.4 Å². The van der Waals surface area contributed by atoms with Gasteiger partial charge in [0.15, 0.2) is 0 Å². The zero-order valence-electron chi connectivity index (χ0n) is 12.0. The molecule has 1 aliphatic rings. The van der Waals surface area contributed by atoms with Gasteiger partial charge in [0.25, 0.3) is 0 Å². The van der Waals surface area contributed by atoms with Gasteiger partial charge in [-0.3, -0.25) is 0 Å². The van der Waals surface area contributed by atoms with Gasteiger partial charge in [0.1, 0.15) is 5.82 Å². The second-order valence-electron chi connectivity index (χ2n) is 5.37. The molecule has 0 amide bonds. The summed E-state index contributed by atoms with van der Waals surface area (Å²) in [5, 5.41) is 4.85.